The molecule has 0 saturated carbocycles. The minimum atomic E-state index is -0.198. The second kappa shape index (κ2) is 9.10. The monoisotopic (exact) mass is 392 g/mol. The molecule has 0 atom stereocenters. The number of amides is 2. The molecule has 0 fully saturated rings. The quantitative estimate of drug-likeness (QED) is 0.645. The summed E-state index contributed by atoms with van der Waals surface area (Å²) in [5.41, 5.74) is 3.25. The van der Waals surface area contributed by atoms with E-state index in [-0.39, 0.29) is 6.03 Å². The van der Waals surface area contributed by atoms with Crippen molar-refractivity contribution in [3.8, 4) is 0 Å². The Morgan fingerprint density at radius 1 is 1.15 bits per heavy atom. The summed E-state index contributed by atoms with van der Waals surface area (Å²) < 4.78 is 0. The fraction of sp³-hybridized carbons (Fsp3) is 0.368. The number of pyridine rings is 1. The van der Waals surface area contributed by atoms with Crippen LogP contribution in [0, 0.1) is 0 Å². The maximum absolute atomic E-state index is 11.9. The predicted molar refractivity (Wildman–Crippen MR) is 106 cm³/mol. The molecular weight excluding hydrogens is 371 g/mol. The number of nitrogens with one attached hydrogen (secondary N) is 3. The maximum Gasteiger partial charge on any atom is 0.315 e. The second-order valence-electron chi connectivity index (χ2n) is 6.30. The van der Waals surface area contributed by atoms with E-state index in [1.807, 2.05) is 6.07 Å². The number of aryl methyl sites for hydroxylation is 2. The molecule has 26 heavy (non-hydrogen) atoms. The molecule has 5 nitrogen and oxygen atoms in total. The van der Waals surface area contributed by atoms with E-state index in [1.165, 1.54) is 5.56 Å². The molecule has 2 aromatic rings. The van der Waals surface area contributed by atoms with Crippen LogP contribution in [0.3, 0.4) is 0 Å². The Morgan fingerprint density at radius 3 is 2.88 bits per heavy atom. The van der Waals surface area contributed by atoms with Crippen molar-refractivity contribution in [2.24, 2.45) is 0 Å². The van der Waals surface area contributed by atoms with Crippen LogP contribution in [0.1, 0.15) is 29.7 Å². The lowest BCUT2D eigenvalue weighted by Crippen LogP contribution is -2.35. The van der Waals surface area contributed by atoms with Crippen molar-refractivity contribution in [3.05, 3.63) is 57.2 Å². The fourth-order valence-corrected chi connectivity index (χ4v) is 3.19. The molecule has 1 aliphatic heterocycles. The summed E-state index contributed by atoms with van der Waals surface area (Å²) in [4.78, 5) is 16.5. The van der Waals surface area contributed by atoms with Gasteiger partial charge in [0.05, 0.1) is 10.0 Å². The molecule has 0 saturated heterocycles. The number of halogens is 2. The lowest BCUT2D eigenvalue weighted by atomic mass is 10.1. The van der Waals surface area contributed by atoms with Crippen molar-refractivity contribution in [1.29, 1.82) is 0 Å². The number of hydrogen-bond donors (Lipinski definition) is 3. The summed E-state index contributed by atoms with van der Waals surface area (Å²) in [6.07, 6.45) is 3.93. The van der Waals surface area contributed by atoms with E-state index in [9.17, 15) is 4.79 Å². The number of rotatable bonds is 6. The lowest BCUT2D eigenvalue weighted by Gasteiger charge is -2.17. The number of carbonyl (C=O) groups is 1. The first-order valence-corrected chi connectivity index (χ1v) is 9.56. The highest BCUT2D eigenvalue weighted by atomic mass is 35.5. The Balaban J connectivity index is 1.36. The average Bonchev–Trinajstić information content (AvgIpc) is 2.66. The van der Waals surface area contributed by atoms with E-state index in [4.69, 9.17) is 23.2 Å². The number of anilines is 1. The van der Waals surface area contributed by atoms with Gasteiger partial charge in [0, 0.05) is 25.3 Å². The van der Waals surface area contributed by atoms with Crippen molar-refractivity contribution in [3.63, 3.8) is 0 Å². The highest BCUT2D eigenvalue weighted by molar-refractivity contribution is 6.42. The van der Waals surface area contributed by atoms with Crippen LogP contribution in [0.4, 0.5) is 10.6 Å². The van der Waals surface area contributed by atoms with Gasteiger partial charge in [-0.25, -0.2) is 9.78 Å². The van der Waals surface area contributed by atoms with Gasteiger partial charge in [0.15, 0.2) is 0 Å². The minimum absolute atomic E-state index is 0.198. The highest BCUT2D eigenvalue weighted by Gasteiger charge is 2.10. The summed E-state index contributed by atoms with van der Waals surface area (Å²) in [5, 5.41) is 10.00. The molecule has 1 aromatic heterocycles. The largest absolute Gasteiger partial charge is 0.370 e. The van der Waals surface area contributed by atoms with Crippen LogP contribution < -0.4 is 16.0 Å². The van der Waals surface area contributed by atoms with Crippen molar-refractivity contribution in [2.75, 3.05) is 18.4 Å². The standard InChI is InChI=1S/C19H22Cl2N4O/c20-16-8-5-13(11-17(16)21)12-24-19(26)23-10-2-4-15-7-6-14-3-1-9-22-18(14)25-15/h5-8,11H,1-4,9-10,12H2,(H,22,25)(H2,23,24,26). The SMILES string of the molecule is O=C(NCCCc1ccc2c(n1)NCCC2)NCc1ccc(Cl)c(Cl)c1. The Bertz CT molecular complexity index is 782. The molecule has 2 heterocycles. The van der Waals surface area contributed by atoms with E-state index >= 15 is 0 Å². The third kappa shape index (κ3) is 5.26. The molecule has 1 aliphatic rings. The van der Waals surface area contributed by atoms with E-state index in [0.29, 0.717) is 23.1 Å². The van der Waals surface area contributed by atoms with Crippen LogP contribution in [0.25, 0.3) is 0 Å². The third-order valence-corrected chi connectivity index (χ3v) is 5.02. The summed E-state index contributed by atoms with van der Waals surface area (Å²) >= 11 is 11.8. The average molecular weight is 393 g/mol. The van der Waals surface area contributed by atoms with Crippen LogP contribution in [-0.2, 0) is 19.4 Å². The van der Waals surface area contributed by atoms with Crippen LogP contribution in [-0.4, -0.2) is 24.1 Å². The predicted octanol–water partition coefficient (Wildman–Crippen LogP) is 4.18. The van der Waals surface area contributed by atoms with Crippen LogP contribution >= 0.6 is 23.2 Å². The fourth-order valence-electron chi connectivity index (χ4n) is 2.87. The Hall–Kier alpha value is -1.98. The number of fused-ring (bicyclic) bond motifs is 1. The smallest absolute Gasteiger partial charge is 0.315 e. The molecule has 0 spiro atoms. The van der Waals surface area contributed by atoms with Gasteiger partial charge in [-0.05, 0) is 55.0 Å². The third-order valence-electron chi connectivity index (χ3n) is 4.28. The zero-order valence-corrected chi connectivity index (χ0v) is 16.0. The number of carbonyl (C=O) groups excluding carboxylic acids is 1. The van der Waals surface area contributed by atoms with Gasteiger partial charge >= 0.3 is 6.03 Å². The summed E-state index contributed by atoms with van der Waals surface area (Å²) in [7, 11) is 0. The first-order chi connectivity index (χ1) is 12.6. The van der Waals surface area contributed by atoms with Gasteiger partial charge in [-0.2, -0.15) is 0 Å². The summed E-state index contributed by atoms with van der Waals surface area (Å²) in [6.45, 7) is 1.99. The minimum Gasteiger partial charge on any atom is -0.370 e. The van der Waals surface area contributed by atoms with Gasteiger partial charge in [0.25, 0.3) is 0 Å². The second-order valence-corrected chi connectivity index (χ2v) is 7.12. The number of nitrogens with zero attached hydrogens (tertiary/aromatic N) is 1. The zero-order valence-electron chi connectivity index (χ0n) is 14.4. The number of hydrogen-bond acceptors (Lipinski definition) is 3. The molecule has 0 unspecified atom stereocenters. The van der Waals surface area contributed by atoms with Crippen LogP contribution in [0.2, 0.25) is 10.0 Å². The molecule has 0 bridgehead atoms. The molecule has 2 amide bonds. The Labute approximate surface area is 163 Å². The lowest BCUT2D eigenvalue weighted by molar-refractivity contribution is 0.240. The highest BCUT2D eigenvalue weighted by Crippen LogP contribution is 2.22. The maximum atomic E-state index is 11.9. The number of urea groups is 1. The van der Waals surface area contributed by atoms with Gasteiger partial charge in [0.2, 0.25) is 0 Å². The van der Waals surface area contributed by atoms with Crippen molar-refractivity contribution in [2.45, 2.75) is 32.2 Å². The van der Waals surface area contributed by atoms with Crippen molar-refractivity contribution >= 4 is 35.1 Å². The Kier molecular flexibility index (Phi) is 6.58. The van der Waals surface area contributed by atoms with Gasteiger partial charge in [0.1, 0.15) is 5.82 Å². The van der Waals surface area contributed by atoms with Crippen molar-refractivity contribution in [1.82, 2.24) is 15.6 Å². The molecule has 0 radical (unpaired) electrons. The topological polar surface area (TPSA) is 66.0 Å². The molecule has 3 N–H and O–H groups in total. The molecular formula is C19H22Cl2N4O. The number of aromatic nitrogens is 1. The molecule has 0 aliphatic carbocycles. The van der Waals surface area contributed by atoms with Gasteiger partial charge < -0.3 is 16.0 Å². The van der Waals surface area contributed by atoms with E-state index in [1.54, 1.807) is 12.1 Å². The van der Waals surface area contributed by atoms with Crippen LogP contribution in [0.15, 0.2) is 30.3 Å². The first-order valence-electron chi connectivity index (χ1n) is 8.80. The zero-order chi connectivity index (χ0) is 18.4. The van der Waals surface area contributed by atoms with Gasteiger partial charge in [-0.15, -0.1) is 0 Å². The number of benzene rings is 1. The van der Waals surface area contributed by atoms with Gasteiger partial charge in [-0.3, -0.25) is 0 Å². The molecule has 1 aromatic carbocycles. The molecule has 3 rings (SSSR count). The van der Waals surface area contributed by atoms with Crippen molar-refractivity contribution < 1.29 is 4.79 Å². The summed E-state index contributed by atoms with van der Waals surface area (Å²) in [6, 6.07) is 9.34. The Morgan fingerprint density at radius 2 is 2.04 bits per heavy atom. The first kappa shape index (κ1) is 18.8. The normalized spacial score (nSPS) is 12.8. The van der Waals surface area contributed by atoms with E-state index in [2.05, 4.69) is 33.1 Å². The summed E-state index contributed by atoms with van der Waals surface area (Å²) in [5.74, 6) is 1.01. The molecule has 138 valence electrons. The van der Waals surface area contributed by atoms with E-state index < -0.39 is 0 Å². The molecule has 7 heteroatoms. The van der Waals surface area contributed by atoms with Gasteiger partial charge in [-0.1, -0.05) is 35.3 Å². The van der Waals surface area contributed by atoms with Crippen LogP contribution in [0.5, 0.6) is 0 Å². The van der Waals surface area contributed by atoms with E-state index in [0.717, 1.165) is 49.3 Å².